The Balaban J connectivity index is 1.37. The van der Waals surface area contributed by atoms with Gasteiger partial charge in [-0.3, -0.25) is 9.59 Å². The van der Waals surface area contributed by atoms with Crippen LogP contribution in [0.1, 0.15) is 30.6 Å². The van der Waals surface area contributed by atoms with Gasteiger partial charge >= 0.3 is 0 Å². The molecule has 2 fully saturated rings. The molecule has 0 atom stereocenters. The summed E-state index contributed by atoms with van der Waals surface area (Å²) in [6.45, 7) is 3.09. The van der Waals surface area contributed by atoms with Crippen molar-refractivity contribution < 1.29 is 14.0 Å². The Hall–Kier alpha value is -2.60. The number of benzene rings is 1. The normalized spacial score (nSPS) is 19.8. The summed E-state index contributed by atoms with van der Waals surface area (Å²) in [5, 5.41) is 2.80. The van der Waals surface area contributed by atoms with Crippen molar-refractivity contribution in [1.29, 1.82) is 0 Å². The lowest BCUT2D eigenvalue weighted by Crippen LogP contribution is -2.69. The van der Waals surface area contributed by atoms with Crippen LogP contribution in [0, 0.1) is 0 Å². The molecule has 0 bridgehead atoms. The van der Waals surface area contributed by atoms with E-state index in [0.29, 0.717) is 25.1 Å². The Kier molecular flexibility index (Phi) is 5.48. The summed E-state index contributed by atoms with van der Waals surface area (Å²) in [6.07, 6.45) is 5.09. The number of hydrogen-bond donors (Lipinski definition) is 1. The fourth-order valence-electron chi connectivity index (χ4n) is 4.37. The smallest absolute Gasteiger partial charge is 0.246 e. The minimum Gasteiger partial charge on any atom is -0.467 e. The summed E-state index contributed by atoms with van der Waals surface area (Å²) < 4.78 is 5.43. The molecular weight excluding hydrogens is 354 g/mol. The Bertz CT molecular complexity index is 796. The van der Waals surface area contributed by atoms with Crippen LogP contribution >= 0.6 is 0 Å². The maximum atomic E-state index is 12.8. The third kappa shape index (κ3) is 3.83. The number of amides is 2. The first kappa shape index (κ1) is 18.7. The zero-order valence-electron chi connectivity index (χ0n) is 16.1. The van der Waals surface area contributed by atoms with Crippen LogP contribution in [0.25, 0.3) is 0 Å². The summed E-state index contributed by atoms with van der Waals surface area (Å²) in [6, 6.07) is 14.2. The van der Waals surface area contributed by atoms with Crippen molar-refractivity contribution in [2.75, 3.05) is 26.2 Å². The van der Waals surface area contributed by atoms with Crippen LogP contribution in [0.3, 0.4) is 0 Å². The molecule has 2 saturated heterocycles. The molecule has 2 aliphatic heterocycles. The van der Waals surface area contributed by atoms with E-state index >= 15 is 0 Å². The molecule has 1 aromatic heterocycles. The van der Waals surface area contributed by atoms with Gasteiger partial charge in [-0.25, -0.2) is 0 Å². The lowest BCUT2D eigenvalue weighted by Gasteiger charge is -2.49. The molecule has 2 aliphatic rings. The topological polar surface area (TPSA) is 65.8 Å². The van der Waals surface area contributed by atoms with Crippen LogP contribution in [-0.4, -0.2) is 53.3 Å². The lowest BCUT2D eigenvalue weighted by atomic mass is 9.82. The van der Waals surface area contributed by atoms with E-state index in [2.05, 4.69) is 34.5 Å². The zero-order chi connectivity index (χ0) is 19.4. The van der Waals surface area contributed by atoms with Gasteiger partial charge in [0, 0.05) is 13.1 Å². The summed E-state index contributed by atoms with van der Waals surface area (Å²) in [5.74, 6) is 0.656. The van der Waals surface area contributed by atoms with Gasteiger partial charge in [0.15, 0.2) is 0 Å². The standard InChI is InChI=1S/C22H27N3O3/c26-20-16-23-21(27)22(25(20)17-19-9-5-15-28-19)10-13-24(14-11-22)12-4-8-18-6-2-1-3-7-18/h1-3,5-7,9,15H,4,8,10-14,16-17H2,(H,23,27). The molecule has 1 N–H and O–H groups in total. The second-order valence-electron chi connectivity index (χ2n) is 7.70. The summed E-state index contributed by atoms with van der Waals surface area (Å²) in [5.41, 5.74) is 0.607. The summed E-state index contributed by atoms with van der Waals surface area (Å²) in [4.78, 5) is 29.6. The predicted octanol–water partition coefficient (Wildman–Crippen LogP) is 2.21. The van der Waals surface area contributed by atoms with Crippen molar-refractivity contribution in [2.24, 2.45) is 0 Å². The van der Waals surface area contributed by atoms with Gasteiger partial charge in [0.25, 0.3) is 0 Å². The van der Waals surface area contributed by atoms with Gasteiger partial charge in [-0.05, 0) is 49.9 Å². The van der Waals surface area contributed by atoms with Crippen molar-refractivity contribution in [2.45, 2.75) is 37.8 Å². The highest BCUT2D eigenvalue weighted by atomic mass is 16.3. The Morgan fingerprint density at radius 2 is 1.82 bits per heavy atom. The maximum Gasteiger partial charge on any atom is 0.246 e. The molecule has 4 rings (SSSR count). The molecule has 2 aromatic rings. The average molecular weight is 381 g/mol. The Morgan fingerprint density at radius 1 is 1.04 bits per heavy atom. The lowest BCUT2D eigenvalue weighted by molar-refractivity contribution is -0.158. The van der Waals surface area contributed by atoms with E-state index in [9.17, 15) is 9.59 Å². The number of nitrogens with one attached hydrogen (secondary N) is 1. The second kappa shape index (κ2) is 8.19. The molecule has 28 heavy (non-hydrogen) atoms. The SMILES string of the molecule is O=C1CNC(=O)C2(CCN(CCCc3ccccc3)CC2)N1Cc1ccco1. The Labute approximate surface area is 165 Å². The average Bonchev–Trinajstić information content (AvgIpc) is 3.24. The van der Waals surface area contributed by atoms with Gasteiger partial charge in [-0.15, -0.1) is 0 Å². The molecular formula is C22H27N3O3. The number of piperazine rings is 1. The number of piperidine rings is 1. The van der Waals surface area contributed by atoms with Crippen LogP contribution < -0.4 is 5.32 Å². The van der Waals surface area contributed by atoms with Crippen LogP contribution in [0.2, 0.25) is 0 Å². The number of nitrogens with zero attached hydrogens (tertiary/aromatic N) is 2. The molecule has 6 nitrogen and oxygen atoms in total. The van der Waals surface area contributed by atoms with E-state index in [1.54, 1.807) is 11.2 Å². The van der Waals surface area contributed by atoms with Crippen LogP contribution in [-0.2, 0) is 22.6 Å². The van der Waals surface area contributed by atoms with E-state index in [1.165, 1.54) is 5.56 Å². The van der Waals surface area contributed by atoms with Crippen molar-refractivity contribution >= 4 is 11.8 Å². The molecule has 6 heteroatoms. The minimum absolute atomic E-state index is 0.0254. The number of hydrogen-bond acceptors (Lipinski definition) is 4. The predicted molar refractivity (Wildman–Crippen MR) is 105 cm³/mol. The molecule has 0 aliphatic carbocycles. The number of carbonyl (C=O) groups is 2. The van der Waals surface area contributed by atoms with Crippen molar-refractivity contribution in [3.63, 3.8) is 0 Å². The van der Waals surface area contributed by atoms with Gasteiger partial charge in [0.2, 0.25) is 11.8 Å². The first-order valence-corrected chi connectivity index (χ1v) is 10.0. The number of rotatable bonds is 6. The number of aryl methyl sites for hydroxylation is 1. The van der Waals surface area contributed by atoms with Gasteiger partial charge in [-0.2, -0.15) is 0 Å². The largest absolute Gasteiger partial charge is 0.467 e. The quantitative estimate of drug-likeness (QED) is 0.833. The third-order valence-electron chi connectivity index (χ3n) is 6.00. The summed E-state index contributed by atoms with van der Waals surface area (Å²) >= 11 is 0. The highest BCUT2D eigenvalue weighted by molar-refractivity contribution is 5.98. The Morgan fingerprint density at radius 3 is 2.54 bits per heavy atom. The molecule has 0 unspecified atom stereocenters. The molecule has 3 heterocycles. The molecule has 2 amide bonds. The fraction of sp³-hybridized carbons (Fsp3) is 0.455. The van der Waals surface area contributed by atoms with E-state index in [1.807, 2.05) is 18.2 Å². The zero-order valence-corrected chi connectivity index (χ0v) is 16.1. The van der Waals surface area contributed by atoms with E-state index in [-0.39, 0.29) is 18.4 Å². The first-order valence-electron chi connectivity index (χ1n) is 10.0. The van der Waals surface area contributed by atoms with Gasteiger partial charge in [0.1, 0.15) is 11.3 Å². The monoisotopic (exact) mass is 381 g/mol. The highest BCUT2D eigenvalue weighted by Gasteiger charge is 2.50. The van der Waals surface area contributed by atoms with Crippen molar-refractivity contribution in [3.05, 3.63) is 60.1 Å². The van der Waals surface area contributed by atoms with Gasteiger partial charge < -0.3 is 19.5 Å². The molecule has 1 spiro atoms. The molecule has 148 valence electrons. The van der Waals surface area contributed by atoms with E-state index in [0.717, 1.165) is 32.5 Å². The van der Waals surface area contributed by atoms with Crippen molar-refractivity contribution in [1.82, 2.24) is 15.1 Å². The van der Waals surface area contributed by atoms with Crippen LogP contribution in [0.5, 0.6) is 0 Å². The maximum absolute atomic E-state index is 12.8. The molecule has 0 saturated carbocycles. The highest BCUT2D eigenvalue weighted by Crippen LogP contribution is 2.33. The van der Waals surface area contributed by atoms with Crippen molar-refractivity contribution in [3.8, 4) is 0 Å². The van der Waals surface area contributed by atoms with Gasteiger partial charge in [-0.1, -0.05) is 30.3 Å². The van der Waals surface area contributed by atoms with Crippen LogP contribution in [0.15, 0.2) is 53.1 Å². The number of likely N-dealkylation sites (tertiary alicyclic amines) is 1. The first-order chi connectivity index (χ1) is 13.7. The van der Waals surface area contributed by atoms with Gasteiger partial charge in [0.05, 0.1) is 19.4 Å². The summed E-state index contributed by atoms with van der Waals surface area (Å²) in [7, 11) is 0. The molecule has 0 radical (unpaired) electrons. The number of furan rings is 1. The van der Waals surface area contributed by atoms with Crippen LogP contribution in [0.4, 0.5) is 0 Å². The molecule has 1 aromatic carbocycles. The minimum atomic E-state index is -0.752. The van der Waals surface area contributed by atoms with E-state index < -0.39 is 5.54 Å². The van der Waals surface area contributed by atoms with E-state index in [4.69, 9.17) is 4.42 Å². The second-order valence-corrected chi connectivity index (χ2v) is 7.70. The third-order valence-corrected chi connectivity index (χ3v) is 6.00. The number of carbonyl (C=O) groups excluding carboxylic acids is 2. The fourth-order valence-corrected chi connectivity index (χ4v) is 4.37.